The van der Waals surface area contributed by atoms with E-state index in [2.05, 4.69) is 88.3 Å². The van der Waals surface area contributed by atoms with Crippen LogP contribution in [0.2, 0.25) is 0 Å². The van der Waals surface area contributed by atoms with Gasteiger partial charge in [-0.25, -0.2) is 0 Å². The molecule has 3 aromatic carbocycles. The van der Waals surface area contributed by atoms with Crippen LogP contribution < -0.4 is 15.9 Å². The van der Waals surface area contributed by atoms with Gasteiger partial charge in [-0.2, -0.15) is 0 Å². The Kier molecular flexibility index (Phi) is 4.92. The van der Waals surface area contributed by atoms with Gasteiger partial charge in [0.25, 0.3) is 0 Å². The van der Waals surface area contributed by atoms with E-state index in [1.165, 1.54) is 15.9 Å². The zero-order valence-corrected chi connectivity index (χ0v) is 16.2. The number of aliphatic hydroxyl groups is 1. The van der Waals surface area contributed by atoms with E-state index in [0.29, 0.717) is 6.16 Å². The van der Waals surface area contributed by atoms with Crippen molar-refractivity contribution in [1.82, 2.24) is 0 Å². The SMILES string of the molecule is CC(O)CP(Br)(c1ccccc1)(c1ccccc1)c1ccccc1. The van der Waals surface area contributed by atoms with Crippen LogP contribution in [0.5, 0.6) is 0 Å². The van der Waals surface area contributed by atoms with Crippen molar-refractivity contribution in [2.24, 2.45) is 0 Å². The Balaban J connectivity index is 2.42. The minimum absolute atomic E-state index is 0.428. The number of aliphatic hydroxyl groups excluding tert-OH is 1. The summed E-state index contributed by atoms with van der Waals surface area (Å²) in [4.78, 5) is 0. The van der Waals surface area contributed by atoms with Gasteiger partial charge in [-0.15, -0.1) is 0 Å². The summed E-state index contributed by atoms with van der Waals surface area (Å²) in [5, 5.41) is 11.2. The van der Waals surface area contributed by atoms with E-state index in [0.717, 1.165) is 0 Å². The van der Waals surface area contributed by atoms with Crippen LogP contribution >= 0.6 is 20.8 Å². The molecule has 0 amide bonds. The fraction of sp³-hybridized carbons (Fsp3) is 0.143. The van der Waals surface area contributed by atoms with Gasteiger partial charge in [-0.3, -0.25) is 0 Å². The third kappa shape index (κ3) is 2.84. The summed E-state index contributed by atoms with van der Waals surface area (Å²) < 4.78 is 0. The van der Waals surface area contributed by atoms with Crippen molar-refractivity contribution in [3.63, 3.8) is 0 Å². The van der Waals surface area contributed by atoms with Crippen LogP contribution in [-0.2, 0) is 0 Å². The van der Waals surface area contributed by atoms with Gasteiger partial charge in [-0.1, -0.05) is 0 Å². The van der Waals surface area contributed by atoms with E-state index in [1.54, 1.807) is 0 Å². The van der Waals surface area contributed by atoms with Crippen molar-refractivity contribution in [2.75, 3.05) is 6.16 Å². The topological polar surface area (TPSA) is 20.2 Å². The number of benzene rings is 3. The summed E-state index contributed by atoms with van der Waals surface area (Å²) in [6.07, 6.45) is 0.228. The van der Waals surface area contributed by atoms with Crippen molar-refractivity contribution in [3.8, 4) is 0 Å². The average Bonchev–Trinajstić information content (AvgIpc) is 2.63. The van der Waals surface area contributed by atoms with Crippen molar-refractivity contribution < 1.29 is 5.11 Å². The summed E-state index contributed by atoms with van der Waals surface area (Å²) >= 11 is 4.29. The third-order valence-corrected chi connectivity index (χ3v) is 14.4. The first-order valence-electron chi connectivity index (χ1n) is 8.13. The Labute approximate surface area is 152 Å². The van der Waals surface area contributed by atoms with Gasteiger partial charge in [0.15, 0.2) is 0 Å². The van der Waals surface area contributed by atoms with Crippen LogP contribution in [0.15, 0.2) is 91.0 Å². The monoisotopic (exact) mass is 400 g/mol. The summed E-state index contributed by atoms with van der Waals surface area (Å²) in [5.41, 5.74) is 0. The van der Waals surface area contributed by atoms with Crippen LogP contribution in [-0.4, -0.2) is 17.4 Å². The first-order valence-corrected chi connectivity index (χ1v) is 12.6. The van der Waals surface area contributed by atoms with Crippen LogP contribution in [0, 0.1) is 0 Å². The summed E-state index contributed by atoms with van der Waals surface area (Å²) in [7, 11) is 0. The normalized spacial score (nSPS) is 14.5. The zero-order valence-electron chi connectivity index (χ0n) is 13.7. The quantitative estimate of drug-likeness (QED) is 0.636. The van der Waals surface area contributed by atoms with E-state index < -0.39 is 11.4 Å². The van der Waals surface area contributed by atoms with Crippen molar-refractivity contribution in [3.05, 3.63) is 91.0 Å². The molecule has 1 N–H and O–H groups in total. The second-order valence-corrected chi connectivity index (χ2v) is 15.2. The van der Waals surface area contributed by atoms with Gasteiger partial charge in [-0.05, 0) is 0 Å². The number of halogens is 1. The minimum atomic E-state index is -2.93. The van der Waals surface area contributed by atoms with E-state index >= 15 is 0 Å². The average molecular weight is 401 g/mol. The summed E-state index contributed by atoms with van der Waals surface area (Å²) in [5.74, 6) is 0. The summed E-state index contributed by atoms with van der Waals surface area (Å²) in [6, 6.07) is 31.6. The molecule has 1 unspecified atom stereocenters. The molecule has 0 spiro atoms. The van der Waals surface area contributed by atoms with Crippen molar-refractivity contribution >= 4 is 36.7 Å². The Morgan fingerprint density at radius 1 is 0.708 bits per heavy atom. The Bertz CT molecular complexity index is 688. The zero-order chi connectivity index (χ0) is 17.1. The summed E-state index contributed by atoms with van der Waals surface area (Å²) in [6.45, 7) is 1.87. The molecule has 0 aliphatic rings. The van der Waals surface area contributed by atoms with Crippen LogP contribution in [0.3, 0.4) is 0 Å². The fourth-order valence-corrected chi connectivity index (χ4v) is 11.8. The molecule has 0 saturated heterocycles. The van der Waals surface area contributed by atoms with E-state index in [1.807, 2.05) is 25.1 Å². The molecular weight excluding hydrogens is 379 g/mol. The third-order valence-electron chi connectivity index (χ3n) is 4.49. The van der Waals surface area contributed by atoms with Crippen LogP contribution in [0.25, 0.3) is 0 Å². The second kappa shape index (κ2) is 6.80. The second-order valence-electron chi connectivity index (χ2n) is 6.22. The predicted molar refractivity (Wildman–Crippen MR) is 111 cm³/mol. The maximum atomic E-state index is 10.4. The number of hydrogen-bond donors (Lipinski definition) is 1. The van der Waals surface area contributed by atoms with E-state index in [9.17, 15) is 5.11 Å². The fourth-order valence-electron chi connectivity index (χ4n) is 3.48. The molecule has 124 valence electrons. The van der Waals surface area contributed by atoms with Gasteiger partial charge in [0.05, 0.1) is 0 Å². The Hall–Kier alpha value is -1.47. The van der Waals surface area contributed by atoms with Gasteiger partial charge in [0.1, 0.15) is 0 Å². The standard InChI is InChI=1S/C21H22BrOP/c1-18(23)17-24(22,19-11-5-2-6-12-19,20-13-7-3-8-14-20)21-15-9-4-10-16-21/h2-16,18,23H,17H2,1H3. The molecule has 0 aromatic heterocycles. The molecule has 0 saturated carbocycles. The number of rotatable bonds is 5. The maximum absolute atomic E-state index is 10.4. The van der Waals surface area contributed by atoms with Gasteiger partial charge < -0.3 is 0 Å². The van der Waals surface area contributed by atoms with E-state index in [4.69, 9.17) is 0 Å². The van der Waals surface area contributed by atoms with Gasteiger partial charge in [0, 0.05) is 0 Å². The van der Waals surface area contributed by atoms with Crippen molar-refractivity contribution in [1.29, 1.82) is 0 Å². The van der Waals surface area contributed by atoms with Gasteiger partial charge in [0.2, 0.25) is 0 Å². The van der Waals surface area contributed by atoms with Crippen LogP contribution in [0.4, 0.5) is 0 Å². The molecule has 3 aromatic rings. The molecule has 1 atom stereocenters. The first kappa shape index (κ1) is 17.4. The molecule has 0 radical (unpaired) electrons. The van der Waals surface area contributed by atoms with E-state index in [-0.39, 0.29) is 0 Å². The molecule has 0 heterocycles. The first-order chi connectivity index (χ1) is 11.6. The number of hydrogen-bond acceptors (Lipinski definition) is 1. The Morgan fingerprint density at radius 3 is 1.25 bits per heavy atom. The van der Waals surface area contributed by atoms with Crippen LogP contribution in [0.1, 0.15) is 6.92 Å². The molecule has 0 aliphatic heterocycles. The molecule has 3 rings (SSSR count). The predicted octanol–water partition coefficient (Wildman–Crippen LogP) is 4.21. The Morgan fingerprint density at radius 2 is 1.00 bits per heavy atom. The molecule has 1 nitrogen and oxygen atoms in total. The van der Waals surface area contributed by atoms with Crippen molar-refractivity contribution in [2.45, 2.75) is 13.0 Å². The molecule has 3 heteroatoms. The molecule has 0 bridgehead atoms. The molecule has 0 aliphatic carbocycles. The molecule has 0 fully saturated rings. The molecule has 24 heavy (non-hydrogen) atoms. The molecular formula is C21H22BrOP. The van der Waals surface area contributed by atoms with Gasteiger partial charge >= 0.3 is 152 Å².